The Morgan fingerprint density at radius 3 is 2.71 bits per heavy atom. The van der Waals surface area contributed by atoms with Crippen LogP contribution in [0.4, 0.5) is 0 Å². The van der Waals surface area contributed by atoms with E-state index in [2.05, 4.69) is 4.72 Å². The average Bonchev–Trinajstić information content (AvgIpc) is 2.28. The Balaban J connectivity index is 3.02. The number of hydrogen-bond donors (Lipinski definition) is 1. The lowest BCUT2D eigenvalue weighted by molar-refractivity contribution is 0.180. The Labute approximate surface area is 101 Å². The predicted molar refractivity (Wildman–Crippen MR) is 62.8 cm³/mol. The summed E-state index contributed by atoms with van der Waals surface area (Å²) in [6, 6.07) is 7.58. The van der Waals surface area contributed by atoms with Gasteiger partial charge in [0, 0.05) is 13.2 Å². The van der Waals surface area contributed by atoms with Crippen LogP contribution in [0.25, 0.3) is 0 Å². The number of ether oxygens (including phenoxy) is 1. The number of sulfonamides is 1. The lowest BCUT2D eigenvalue weighted by Gasteiger charge is -2.13. The van der Waals surface area contributed by atoms with Crippen LogP contribution in [0, 0.1) is 11.3 Å². The normalized spacial score (nSPS) is 13.0. The highest BCUT2D eigenvalue weighted by Gasteiger charge is 2.20. The first kappa shape index (κ1) is 13.6. The van der Waals surface area contributed by atoms with E-state index in [-0.39, 0.29) is 23.1 Å². The molecule has 0 saturated heterocycles. The summed E-state index contributed by atoms with van der Waals surface area (Å²) < 4.78 is 31.3. The molecule has 0 saturated carbocycles. The molecule has 0 radical (unpaired) electrons. The lowest BCUT2D eigenvalue weighted by atomic mass is 10.2. The highest BCUT2D eigenvalue weighted by Crippen LogP contribution is 2.14. The van der Waals surface area contributed by atoms with Crippen LogP contribution >= 0.6 is 0 Å². The van der Waals surface area contributed by atoms with Crippen molar-refractivity contribution in [3.8, 4) is 6.07 Å². The van der Waals surface area contributed by atoms with Crippen molar-refractivity contribution < 1.29 is 13.2 Å². The summed E-state index contributed by atoms with van der Waals surface area (Å²) in [6.45, 7) is 1.96. The molecule has 1 aromatic carbocycles. The Morgan fingerprint density at radius 1 is 1.47 bits per heavy atom. The molecule has 1 N–H and O–H groups in total. The smallest absolute Gasteiger partial charge is 0.242 e. The second-order valence-electron chi connectivity index (χ2n) is 3.59. The molecule has 0 bridgehead atoms. The van der Waals surface area contributed by atoms with Gasteiger partial charge in [0.05, 0.1) is 17.1 Å². The maximum atomic E-state index is 12.0. The number of nitrogens with one attached hydrogen (secondary N) is 1. The maximum Gasteiger partial charge on any atom is 0.242 e. The van der Waals surface area contributed by atoms with Gasteiger partial charge in [-0.3, -0.25) is 0 Å². The van der Waals surface area contributed by atoms with Gasteiger partial charge in [0.1, 0.15) is 6.07 Å². The highest BCUT2D eigenvalue weighted by molar-refractivity contribution is 7.89. The fourth-order valence-electron chi connectivity index (χ4n) is 1.41. The lowest BCUT2D eigenvalue weighted by Crippen LogP contribution is -2.35. The molecule has 0 aliphatic carbocycles. The summed E-state index contributed by atoms with van der Waals surface area (Å²) in [5.41, 5.74) is 0.129. The van der Waals surface area contributed by atoms with E-state index in [1.54, 1.807) is 19.1 Å². The molecule has 92 valence electrons. The maximum absolute atomic E-state index is 12.0. The molecule has 0 heterocycles. The van der Waals surface area contributed by atoms with Crippen molar-refractivity contribution in [3.05, 3.63) is 29.8 Å². The predicted octanol–water partition coefficient (Wildman–Crippen LogP) is 0.871. The molecule has 0 aliphatic rings. The van der Waals surface area contributed by atoms with Gasteiger partial charge >= 0.3 is 0 Å². The summed E-state index contributed by atoms with van der Waals surface area (Å²) in [5, 5.41) is 8.85. The summed E-state index contributed by atoms with van der Waals surface area (Å²) in [6.07, 6.45) is 0. The molecule has 17 heavy (non-hydrogen) atoms. The standard InChI is InChI=1S/C11H14N2O3S/c1-9(8-16-2)13-17(14,15)11-6-4-3-5-10(11)7-12/h3-6,9,13H,8H2,1-2H3. The fourth-order valence-corrected chi connectivity index (χ4v) is 2.79. The van der Waals surface area contributed by atoms with E-state index in [0.717, 1.165) is 0 Å². The molecule has 1 atom stereocenters. The van der Waals surface area contributed by atoms with Crippen LogP contribution in [0.3, 0.4) is 0 Å². The van der Waals surface area contributed by atoms with Crippen LogP contribution in [0.5, 0.6) is 0 Å². The minimum Gasteiger partial charge on any atom is -0.383 e. The van der Waals surface area contributed by atoms with Crippen molar-refractivity contribution in [1.82, 2.24) is 4.72 Å². The summed E-state index contributed by atoms with van der Waals surface area (Å²) in [5.74, 6) is 0. The van der Waals surface area contributed by atoms with Gasteiger partial charge in [0.2, 0.25) is 10.0 Å². The molecule has 1 aromatic rings. The molecular formula is C11H14N2O3S. The van der Waals surface area contributed by atoms with Crippen molar-refractivity contribution in [2.24, 2.45) is 0 Å². The monoisotopic (exact) mass is 254 g/mol. The van der Waals surface area contributed by atoms with Crippen molar-refractivity contribution >= 4 is 10.0 Å². The molecule has 1 unspecified atom stereocenters. The Kier molecular flexibility index (Phi) is 4.63. The third kappa shape index (κ3) is 3.53. The van der Waals surface area contributed by atoms with Crippen LogP contribution in [0.2, 0.25) is 0 Å². The third-order valence-corrected chi connectivity index (χ3v) is 3.72. The second kappa shape index (κ2) is 5.77. The van der Waals surface area contributed by atoms with Crippen LogP contribution in [0.15, 0.2) is 29.2 Å². The quantitative estimate of drug-likeness (QED) is 0.845. The van der Waals surface area contributed by atoms with Gasteiger partial charge in [-0.1, -0.05) is 12.1 Å². The first-order valence-electron chi connectivity index (χ1n) is 5.01. The SMILES string of the molecule is COCC(C)NS(=O)(=O)c1ccccc1C#N. The van der Waals surface area contributed by atoms with E-state index >= 15 is 0 Å². The highest BCUT2D eigenvalue weighted by atomic mass is 32.2. The van der Waals surface area contributed by atoms with Gasteiger partial charge in [0.25, 0.3) is 0 Å². The first-order chi connectivity index (χ1) is 8.01. The number of benzene rings is 1. The molecule has 0 amide bonds. The minimum atomic E-state index is -3.68. The van der Waals surface area contributed by atoms with Gasteiger partial charge < -0.3 is 4.74 Å². The van der Waals surface area contributed by atoms with E-state index in [1.165, 1.54) is 19.2 Å². The summed E-state index contributed by atoms with van der Waals surface area (Å²) in [7, 11) is -2.18. The zero-order chi connectivity index (χ0) is 12.9. The van der Waals surface area contributed by atoms with E-state index in [9.17, 15) is 8.42 Å². The van der Waals surface area contributed by atoms with Gasteiger partial charge in [-0.25, -0.2) is 13.1 Å². The Morgan fingerprint density at radius 2 is 2.12 bits per heavy atom. The number of methoxy groups -OCH3 is 1. The Bertz CT molecular complexity index is 520. The summed E-state index contributed by atoms with van der Waals surface area (Å²) in [4.78, 5) is -0.00884. The zero-order valence-electron chi connectivity index (χ0n) is 9.67. The van der Waals surface area contributed by atoms with Gasteiger partial charge in [-0.05, 0) is 19.1 Å². The summed E-state index contributed by atoms with van der Waals surface area (Å²) >= 11 is 0. The number of hydrogen-bond acceptors (Lipinski definition) is 4. The van der Waals surface area contributed by atoms with Crippen molar-refractivity contribution in [2.45, 2.75) is 17.9 Å². The molecule has 5 nitrogen and oxygen atoms in total. The molecule has 0 fully saturated rings. The molecule has 0 aliphatic heterocycles. The van der Waals surface area contributed by atoms with E-state index < -0.39 is 10.0 Å². The van der Waals surface area contributed by atoms with Crippen LogP contribution in [0.1, 0.15) is 12.5 Å². The van der Waals surface area contributed by atoms with Gasteiger partial charge in [-0.2, -0.15) is 5.26 Å². The number of nitrogens with zero attached hydrogens (tertiary/aromatic N) is 1. The fraction of sp³-hybridized carbons (Fsp3) is 0.364. The molecule has 0 aromatic heterocycles. The minimum absolute atomic E-state index is 0.00884. The largest absolute Gasteiger partial charge is 0.383 e. The van der Waals surface area contributed by atoms with Crippen LogP contribution < -0.4 is 4.72 Å². The zero-order valence-corrected chi connectivity index (χ0v) is 10.5. The third-order valence-electron chi connectivity index (χ3n) is 2.07. The molecular weight excluding hydrogens is 240 g/mol. The van der Waals surface area contributed by atoms with E-state index in [0.29, 0.717) is 0 Å². The van der Waals surface area contributed by atoms with Crippen molar-refractivity contribution in [3.63, 3.8) is 0 Å². The van der Waals surface area contributed by atoms with Crippen LogP contribution in [-0.2, 0) is 14.8 Å². The van der Waals surface area contributed by atoms with Crippen molar-refractivity contribution in [1.29, 1.82) is 5.26 Å². The van der Waals surface area contributed by atoms with Crippen molar-refractivity contribution in [2.75, 3.05) is 13.7 Å². The topological polar surface area (TPSA) is 79.2 Å². The molecule has 6 heteroatoms. The number of rotatable bonds is 5. The van der Waals surface area contributed by atoms with E-state index in [4.69, 9.17) is 10.00 Å². The second-order valence-corrected chi connectivity index (χ2v) is 5.27. The van der Waals surface area contributed by atoms with Gasteiger partial charge in [0.15, 0.2) is 0 Å². The molecule has 0 spiro atoms. The van der Waals surface area contributed by atoms with Crippen LogP contribution in [-0.4, -0.2) is 28.2 Å². The molecule has 1 rings (SSSR count). The van der Waals surface area contributed by atoms with E-state index in [1.807, 2.05) is 6.07 Å². The first-order valence-corrected chi connectivity index (χ1v) is 6.50. The van der Waals surface area contributed by atoms with Gasteiger partial charge in [-0.15, -0.1) is 0 Å². The Hall–Kier alpha value is -1.42. The number of nitriles is 1. The average molecular weight is 254 g/mol.